The number of ether oxygens (including phenoxy) is 1. The van der Waals surface area contributed by atoms with Crippen LogP contribution in [-0.4, -0.2) is 50.9 Å². The molecular weight excluding hydrogens is 598 g/mol. The molecule has 0 aromatic heterocycles. The van der Waals surface area contributed by atoms with E-state index >= 15 is 0 Å². The second kappa shape index (κ2) is 14.9. The van der Waals surface area contributed by atoms with Gasteiger partial charge in [-0.05, 0) is 80.6 Å². The second-order valence-corrected chi connectivity index (χ2v) is 13.7. The Hall–Kier alpha value is -3.56. The summed E-state index contributed by atoms with van der Waals surface area (Å²) >= 11 is 6.44. The van der Waals surface area contributed by atoms with E-state index in [4.69, 9.17) is 16.3 Å². The van der Waals surface area contributed by atoms with Gasteiger partial charge in [0.2, 0.25) is 11.8 Å². The highest BCUT2D eigenvalue weighted by molar-refractivity contribution is 7.92. The molecule has 0 spiro atoms. The second-order valence-electron chi connectivity index (χ2n) is 11.4. The lowest BCUT2D eigenvalue weighted by molar-refractivity contribution is -0.140. The Morgan fingerprint density at radius 2 is 1.70 bits per heavy atom. The molecule has 1 aliphatic carbocycles. The SMILES string of the molecule is CCC(C(=O)NC1CCCCC1)N(Cc1cccc(OC)c1)C(=O)CN(c1ccc(C)c(Cl)c1)S(=O)(=O)c1ccc(C)cc1. The molecule has 1 saturated carbocycles. The molecule has 44 heavy (non-hydrogen) atoms. The number of aryl methyl sites for hydroxylation is 2. The van der Waals surface area contributed by atoms with E-state index in [2.05, 4.69) is 5.32 Å². The zero-order valence-corrected chi connectivity index (χ0v) is 27.5. The Labute approximate surface area is 266 Å². The van der Waals surface area contributed by atoms with Crippen LogP contribution in [0.4, 0.5) is 5.69 Å². The van der Waals surface area contributed by atoms with E-state index in [1.807, 2.05) is 39.0 Å². The molecule has 4 rings (SSSR count). The minimum Gasteiger partial charge on any atom is -0.497 e. The molecule has 2 amide bonds. The van der Waals surface area contributed by atoms with Crippen LogP contribution in [0.3, 0.4) is 0 Å². The number of methoxy groups -OCH3 is 1. The lowest BCUT2D eigenvalue weighted by atomic mass is 9.95. The molecule has 1 unspecified atom stereocenters. The fourth-order valence-corrected chi connectivity index (χ4v) is 7.12. The number of halogens is 1. The molecule has 10 heteroatoms. The summed E-state index contributed by atoms with van der Waals surface area (Å²) < 4.78 is 34.7. The first-order valence-electron chi connectivity index (χ1n) is 15.1. The molecule has 1 aliphatic rings. The normalized spacial score (nSPS) is 14.5. The molecule has 0 saturated heterocycles. The smallest absolute Gasteiger partial charge is 0.264 e. The van der Waals surface area contributed by atoms with E-state index < -0.39 is 28.5 Å². The number of rotatable bonds is 12. The lowest BCUT2D eigenvalue weighted by Crippen LogP contribution is -2.54. The van der Waals surface area contributed by atoms with Crippen LogP contribution >= 0.6 is 11.6 Å². The molecule has 0 bridgehead atoms. The van der Waals surface area contributed by atoms with Crippen LogP contribution < -0.4 is 14.4 Å². The molecule has 0 aliphatic heterocycles. The first kappa shape index (κ1) is 33.3. The Morgan fingerprint density at radius 1 is 1.00 bits per heavy atom. The summed E-state index contributed by atoms with van der Waals surface area (Å²) in [5.41, 5.74) is 2.70. The van der Waals surface area contributed by atoms with Crippen molar-refractivity contribution in [1.82, 2.24) is 10.2 Å². The maximum Gasteiger partial charge on any atom is 0.264 e. The number of carbonyl (C=O) groups excluding carboxylic acids is 2. The van der Waals surface area contributed by atoms with E-state index in [0.29, 0.717) is 17.2 Å². The van der Waals surface area contributed by atoms with Crippen molar-refractivity contribution < 1.29 is 22.7 Å². The van der Waals surface area contributed by atoms with E-state index in [0.717, 1.165) is 53.1 Å². The third-order valence-corrected chi connectivity index (χ3v) is 10.4. The summed E-state index contributed by atoms with van der Waals surface area (Å²) in [4.78, 5) is 29.6. The maximum absolute atomic E-state index is 14.3. The number of carbonyl (C=O) groups is 2. The monoisotopic (exact) mass is 639 g/mol. The third kappa shape index (κ3) is 8.12. The zero-order chi connectivity index (χ0) is 31.9. The van der Waals surface area contributed by atoms with Crippen molar-refractivity contribution >= 4 is 39.1 Å². The molecule has 8 nitrogen and oxygen atoms in total. The lowest BCUT2D eigenvalue weighted by Gasteiger charge is -2.34. The van der Waals surface area contributed by atoms with Gasteiger partial charge in [-0.1, -0.05) is 73.7 Å². The van der Waals surface area contributed by atoms with Gasteiger partial charge < -0.3 is 15.0 Å². The first-order valence-corrected chi connectivity index (χ1v) is 16.9. The molecule has 3 aromatic carbocycles. The number of hydrogen-bond donors (Lipinski definition) is 1. The predicted molar refractivity (Wildman–Crippen MR) is 175 cm³/mol. The average Bonchev–Trinajstić information content (AvgIpc) is 3.01. The largest absolute Gasteiger partial charge is 0.497 e. The average molecular weight is 640 g/mol. The van der Waals surface area contributed by atoms with Gasteiger partial charge in [0, 0.05) is 17.6 Å². The zero-order valence-electron chi connectivity index (χ0n) is 25.9. The molecule has 236 valence electrons. The van der Waals surface area contributed by atoms with Gasteiger partial charge in [-0.15, -0.1) is 0 Å². The van der Waals surface area contributed by atoms with Crippen LogP contribution in [0, 0.1) is 13.8 Å². The van der Waals surface area contributed by atoms with E-state index in [-0.39, 0.29) is 29.1 Å². The minimum atomic E-state index is -4.18. The Morgan fingerprint density at radius 3 is 2.34 bits per heavy atom. The summed E-state index contributed by atoms with van der Waals surface area (Å²) in [6.45, 7) is 5.13. The number of anilines is 1. The van der Waals surface area contributed by atoms with Crippen molar-refractivity contribution in [2.75, 3.05) is 18.0 Å². The molecular formula is C34H42ClN3O5S. The highest BCUT2D eigenvalue weighted by Crippen LogP contribution is 2.29. The van der Waals surface area contributed by atoms with Crippen LogP contribution in [0.5, 0.6) is 5.75 Å². The summed E-state index contributed by atoms with van der Waals surface area (Å²) in [5, 5.41) is 3.55. The van der Waals surface area contributed by atoms with Crippen molar-refractivity contribution in [3.8, 4) is 5.75 Å². The minimum absolute atomic E-state index is 0.0500. The van der Waals surface area contributed by atoms with Crippen LogP contribution in [0.15, 0.2) is 71.6 Å². The van der Waals surface area contributed by atoms with Gasteiger partial charge in [0.15, 0.2) is 0 Å². The number of hydrogen-bond acceptors (Lipinski definition) is 5. The Balaban J connectivity index is 1.73. The van der Waals surface area contributed by atoms with Gasteiger partial charge in [-0.2, -0.15) is 0 Å². The van der Waals surface area contributed by atoms with Crippen LogP contribution in [0.25, 0.3) is 0 Å². The van der Waals surface area contributed by atoms with Gasteiger partial charge in [0.1, 0.15) is 18.3 Å². The number of benzene rings is 3. The maximum atomic E-state index is 14.3. The third-order valence-electron chi connectivity index (χ3n) is 8.16. The van der Waals surface area contributed by atoms with Crippen molar-refractivity contribution in [1.29, 1.82) is 0 Å². The van der Waals surface area contributed by atoms with Gasteiger partial charge in [0.05, 0.1) is 17.7 Å². The first-order chi connectivity index (χ1) is 21.0. The molecule has 1 N–H and O–H groups in total. The predicted octanol–water partition coefficient (Wildman–Crippen LogP) is 6.42. The molecule has 0 radical (unpaired) electrons. The van der Waals surface area contributed by atoms with E-state index in [9.17, 15) is 18.0 Å². The van der Waals surface area contributed by atoms with Crippen LogP contribution in [0.2, 0.25) is 5.02 Å². The van der Waals surface area contributed by atoms with Crippen molar-refractivity contribution in [3.63, 3.8) is 0 Å². The fraction of sp³-hybridized carbons (Fsp3) is 0.412. The Bertz CT molecular complexity index is 1560. The molecule has 1 atom stereocenters. The Kier molecular flexibility index (Phi) is 11.3. The summed E-state index contributed by atoms with van der Waals surface area (Å²) in [6, 6.07) is 17.9. The number of nitrogens with zero attached hydrogens (tertiary/aromatic N) is 2. The number of amides is 2. The van der Waals surface area contributed by atoms with E-state index in [1.54, 1.807) is 43.5 Å². The van der Waals surface area contributed by atoms with Crippen molar-refractivity contribution in [3.05, 3.63) is 88.4 Å². The molecule has 1 fully saturated rings. The quantitative estimate of drug-likeness (QED) is 0.247. The summed E-state index contributed by atoms with van der Waals surface area (Å²) in [7, 11) is -2.62. The number of sulfonamides is 1. The fourth-order valence-electron chi connectivity index (χ4n) is 5.53. The summed E-state index contributed by atoms with van der Waals surface area (Å²) in [6.07, 6.45) is 5.43. The standard InChI is InChI=1S/C34H42ClN3O5S/c1-5-32(34(40)36-27-11-7-6-8-12-27)37(22-26-10-9-13-29(20-26)43-4)33(39)23-38(28-17-16-25(3)31(35)21-28)44(41,42)30-18-14-24(2)15-19-30/h9-10,13-21,27,32H,5-8,11-12,22-23H2,1-4H3,(H,36,40). The van der Waals surface area contributed by atoms with Crippen LogP contribution in [-0.2, 0) is 26.2 Å². The number of nitrogens with one attached hydrogen (secondary N) is 1. The van der Waals surface area contributed by atoms with Crippen molar-refractivity contribution in [2.45, 2.75) is 82.8 Å². The summed E-state index contributed by atoms with van der Waals surface area (Å²) in [5.74, 6) is -0.125. The highest BCUT2D eigenvalue weighted by Gasteiger charge is 2.34. The van der Waals surface area contributed by atoms with Crippen LogP contribution in [0.1, 0.15) is 62.1 Å². The van der Waals surface area contributed by atoms with E-state index in [1.165, 1.54) is 17.0 Å². The van der Waals surface area contributed by atoms with Gasteiger partial charge in [-0.25, -0.2) is 8.42 Å². The molecule has 3 aromatic rings. The van der Waals surface area contributed by atoms with Gasteiger partial charge in [0.25, 0.3) is 10.0 Å². The highest BCUT2D eigenvalue weighted by atomic mass is 35.5. The molecule has 0 heterocycles. The van der Waals surface area contributed by atoms with Crippen molar-refractivity contribution in [2.24, 2.45) is 0 Å². The topological polar surface area (TPSA) is 96.0 Å². The van der Waals surface area contributed by atoms with Gasteiger partial charge in [-0.3, -0.25) is 13.9 Å². The van der Waals surface area contributed by atoms with Gasteiger partial charge >= 0.3 is 0 Å².